The van der Waals surface area contributed by atoms with Gasteiger partial charge in [-0.2, -0.15) is 9.78 Å². The topological polar surface area (TPSA) is 60.2 Å². The second-order valence-electron chi connectivity index (χ2n) is 7.65. The SMILES string of the molecule is CCC1CCCN1CCCOc1ccc(-c2cnn(-c3ccccn3)c(=O)c2)cc1. The highest BCUT2D eigenvalue weighted by Crippen LogP contribution is 2.22. The van der Waals surface area contributed by atoms with E-state index < -0.39 is 0 Å². The third-order valence-electron chi connectivity index (χ3n) is 5.68. The van der Waals surface area contributed by atoms with Crippen molar-refractivity contribution in [2.75, 3.05) is 19.7 Å². The van der Waals surface area contributed by atoms with Crippen LogP contribution in [0.4, 0.5) is 0 Å². The van der Waals surface area contributed by atoms with E-state index in [1.165, 1.54) is 30.5 Å². The van der Waals surface area contributed by atoms with Crippen LogP contribution in [0.1, 0.15) is 32.6 Å². The first kappa shape index (κ1) is 20.3. The van der Waals surface area contributed by atoms with Gasteiger partial charge in [0.1, 0.15) is 5.75 Å². The van der Waals surface area contributed by atoms with Gasteiger partial charge in [-0.25, -0.2) is 4.98 Å². The van der Waals surface area contributed by atoms with E-state index >= 15 is 0 Å². The summed E-state index contributed by atoms with van der Waals surface area (Å²) in [5, 5.41) is 4.26. The summed E-state index contributed by atoms with van der Waals surface area (Å²) in [7, 11) is 0. The lowest BCUT2D eigenvalue weighted by molar-refractivity contribution is 0.217. The number of hydrogen-bond donors (Lipinski definition) is 0. The zero-order chi connectivity index (χ0) is 20.8. The van der Waals surface area contributed by atoms with Crippen molar-refractivity contribution in [2.45, 2.75) is 38.6 Å². The fourth-order valence-corrected chi connectivity index (χ4v) is 4.07. The molecule has 0 N–H and O–H groups in total. The number of nitrogens with zero attached hydrogens (tertiary/aromatic N) is 4. The van der Waals surface area contributed by atoms with E-state index in [4.69, 9.17) is 4.74 Å². The van der Waals surface area contributed by atoms with Crippen LogP contribution in [0.3, 0.4) is 0 Å². The molecule has 2 aromatic heterocycles. The lowest BCUT2D eigenvalue weighted by Crippen LogP contribution is -2.30. The molecule has 0 spiro atoms. The molecule has 0 bridgehead atoms. The molecule has 6 heteroatoms. The standard InChI is InChI=1S/C24H28N4O2/c1-2-21-7-5-14-27(21)15-6-16-30-22-11-9-19(10-12-22)20-17-24(29)28(26-18-20)23-8-3-4-13-25-23/h3-4,8-13,17-18,21H,2,5-7,14-16H2,1H3. The lowest BCUT2D eigenvalue weighted by Gasteiger charge is -2.23. The maximum atomic E-state index is 12.4. The Bertz CT molecular complexity index is 1000. The van der Waals surface area contributed by atoms with Crippen molar-refractivity contribution in [3.05, 3.63) is 71.3 Å². The van der Waals surface area contributed by atoms with Crippen LogP contribution < -0.4 is 10.3 Å². The Morgan fingerprint density at radius 2 is 2.00 bits per heavy atom. The predicted molar refractivity (Wildman–Crippen MR) is 118 cm³/mol. The monoisotopic (exact) mass is 404 g/mol. The molecule has 4 rings (SSSR count). The molecular formula is C24H28N4O2. The van der Waals surface area contributed by atoms with E-state index in [-0.39, 0.29) is 5.56 Å². The van der Waals surface area contributed by atoms with Gasteiger partial charge in [0.05, 0.1) is 12.8 Å². The van der Waals surface area contributed by atoms with Gasteiger partial charge in [-0.3, -0.25) is 4.79 Å². The van der Waals surface area contributed by atoms with Gasteiger partial charge in [0.15, 0.2) is 5.82 Å². The molecule has 1 unspecified atom stereocenters. The number of hydrogen-bond acceptors (Lipinski definition) is 5. The van der Waals surface area contributed by atoms with Crippen LogP contribution in [0.2, 0.25) is 0 Å². The van der Waals surface area contributed by atoms with E-state index in [9.17, 15) is 4.79 Å². The molecule has 0 amide bonds. The van der Waals surface area contributed by atoms with Gasteiger partial charge >= 0.3 is 0 Å². The first-order valence-corrected chi connectivity index (χ1v) is 10.7. The summed E-state index contributed by atoms with van der Waals surface area (Å²) in [4.78, 5) is 19.2. The number of benzene rings is 1. The Kier molecular flexibility index (Phi) is 6.54. The number of likely N-dealkylation sites (tertiary alicyclic amines) is 1. The van der Waals surface area contributed by atoms with Crippen LogP contribution in [0, 0.1) is 0 Å². The molecule has 1 fully saturated rings. The average molecular weight is 405 g/mol. The molecule has 0 radical (unpaired) electrons. The summed E-state index contributed by atoms with van der Waals surface area (Å²) in [5.41, 5.74) is 1.50. The van der Waals surface area contributed by atoms with Crippen molar-refractivity contribution in [2.24, 2.45) is 0 Å². The molecular weight excluding hydrogens is 376 g/mol. The maximum absolute atomic E-state index is 12.4. The second-order valence-corrected chi connectivity index (χ2v) is 7.65. The number of pyridine rings is 1. The predicted octanol–water partition coefficient (Wildman–Crippen LogP) is 3.94. The molecule has 1 aliphatic heterocycles. The van der Waals surface area contributed by atoms with Crippen LogP contribution in [-0.2, 0) is 0 Å². The van der Waals surface area contributed by atoms with Gasteiger partial charge in [0.25, 0.3) is 5.56 Å². The highest BCUT2D eigenvalue weighted by molar-refractivity contribution is 5.62. The van der Waals surface area contributed by atoms with E-state index in [1.54, 1.807) is 30.6 Å². The Hall–Kier alpha value is -2.99. The fraction of sp³-hybridized carbons (Fsp3) is 0.375. The zero-order valence-corrected chi connectivity index (χ0v) is 17.4. The van der Waals surface area contributed by atoms with Crippen LogP contribution in [0.5, 0.6) is 5.75 Å². The molecule has 0 saturated carbocycles. The summed E-state index contributed by atoms with van der Waals surface area (Å²) in [5.74, 6) is 1.36. The lowest BCUT2D eigenvalue weighted by atomic mass is 10.1. The number of rotatable bonds is 8. The van der Waals surface area contributed by atoms with Crippen LogP contribution in [0.25, 0.3) is 16.9 Å². The van der Waals surface area contributed by atoms with E-state index in [1.807, 2.05) is 30.3 Å². The van der Waals surface area contributed by atoms with Crippen molar-refractivity contribution in [3.63, 3.8) is 0 Å². The molecule has 6 nitrogen and oxygen atoms in total. The normalized spacial score (nSPS) is 16.6. The molecule has 1 aromatic carbocycles. The Labute approximate surface area is 177 Å². The second kappa shape index (κ2) is 9.67. The minimum Gasteiger partial charge on any atom is -0.494 e. The first-order valence-electron chi connectivity index (χ1n) is 10.7. The molecule has 30 heavy (non-hydrogen) atoms. The molecule has 1 saturated heterocycles. The van der Waals surface area contributed by atoms with Gasteiger partial charge < -0.3 is 9.64 Å². The van der Waals surface area contributed by atoms with E-state index in [2.05, 4.69) is 21.9 Å². The quantitative estimate of drug-likeness (QED) is 0.532. The number of ether oxygens (including phenoxy) is 1. The molecule has 3 aromatic rings. The van der Waals surface area contributed by atoms with Crippen molar-refractivity contribution in [1.29, 1.82) is 0 Å². The molecule has 3 heterocycles. The van der Waals surface area contributed by atoms with Crippen molar-refractivity contribution < 1.29 is 4.74 Å². The minimum absolute atomic E-state index is 0.209. The van der Waals surface area contributed by atoms with Crippen molar-refractivity contribution in [1.82, 2.24) is 19.7 Å². The molecule has 156 valence electrons. The van der Waals surface area contributed by atoms with Gasteiger partial charge in [-0.1, -0.05) is 25.1 Å². The highest BCUT2D eigenvalue weighted by atomic mass is 16.5. The number of aromatic nitrogens is 3. The summed E-state index contributed by atoms with van der Waals surface area (Å²) < 4.78 is 7.21. The average Bonchev–Trinajstić information content (AvgIpc) is 3.25. The molecule has 0 aliphatic carbocycles. The summed E-state index contributed by atoms with van der Waals surface area (Å²) >= 11 is 0. The van der Waals surface area contributed by atoms with Crippen molar-refractivity contribution >= 4 is 0 Å². The van der Waals surface area contributed by atoms with Crippen LogP contribution in [0.15, 0.2) is 65.7 Å². The van der Waals surface area contributed by atoms with E-state index in [0.29, 0.717) is 12.4 Å². The largest absolute Gasteiger partial charge is 0.494 e. The maximum Gasteiger partial charge on any atom is 0.273 e. The van der Waals surface area contributed by atoms with Gasteiger partial charge in [0.2, 0.25) is 0 Å². The van der Waals surface area contributed by atoms with Gasteiger partial charge in [0, 0.05) is 30.4 Å². The summed E-state index contributed by atoms with van der Waals surface area (Å²) in [6.45, 7) is 5.32. The Morgan fingerprint density at radius 3 is 2.73 bits per heavy atom. The first-order chi connectivity index (χ1) is 14.7. The van der Waals surface area contributed by atoms with Crippen LogP contribution >= 0.6 is 0 Å². The molecule has 1 atom stereocenters. The highest BCUT2D eigenvalue weighted by Gasteiger charge is 2.21. The summed E-state index contributed by atoms with van der Waals surface area (Å²) in [6, 6.07) is 15.6. The van der Waals surface area contributed by atoms with E-state index in [0.717, 1.165) is 35.9 Å². The third kappa shape index (κ3) is 4.76. The third-order valence-corrected chi connectivity index (χ3v) is 5.68. The van der Waals surface area contributed by atoms with Gasteiger partial charge in [-0.05, 0) is 62.1 Å². The minimum atomic E-state index is -0.209. The zero-order valence-electron chi connectivity index (χ0n) is 17.4. The summed E-state index contributed by atoms with van der Waals surface area (Å²) in [6.07, 6.45) is 8.26. The Balaban J connectivity index is 1.33. The van der Waals surface area contributed by atoms with Gasteiger partial charge in [-0.15, -0.1) is 0 Å². The van der Waals surface area contributed by atoms with Crippen molar-refractivity contribution in [3.8, 4) is 22.7 Å². The smallest absolute Gasteiger partial charge is 0.273 e. The molecule has 1 aliphatic rings. The Morgan fingerprint density at radius 1 is 1.13 bits per heavy atom. The van der Waals surface area contributed by atoms with Crippen LogP contribution in [-0.4, -0.2) is 45.4 Å². The fourth-order valence-electron chi connectivity index (χ4n) is 4.07.